The van der Waals surface area contributed by atoms with Crippen molar-refractivity contribution >= 4 is 5.97 Å². The Labute approximate surface area is 92.7 Å². The van der Waals surface area contributed by atoms with Gasteiger partial charge in [-0.05, 0) is 39.0 Å². The van der Waals surface area contributed by atoms with E-state index >= 15 is 0 Å². The molecule has 0 saturated heterocycles. The summed E-state index contributed by atoms with van der Waals surface area (Å²) in [5.74, 6) is 0.354. The van der Waals surface area contributed by atoms with E-state index in [-0.39, 0.29) is 11.4 Å². The van der Waals surface area contributed by atoms with E-state index in [4.69, 9.17) is 4.74 Å². The van der Waals surface area contributed by atoms with Gasteiger partial charge in [0, 0.05) is 0 Å². The zero-order valence-electron chi connectivity index (χ0n) is 10.3. The Morgan fingerprint density at radius 1 is 1.67 bits per heavy atom. The van der Waals surface area contributed by atoms with Gasteiger partial charge in [-0.1, -0.05) is 25.5 Å². The highest BCUT2D eigenvalue weighted by Gasteiger charge is 2.41. The normalized spacial score (nSPS) is 30.9. The van der Waals surface area contributed by atoms with Crippen LogP contribution in [0.1, 0.15) is 47.0 Å². The average molecular weight is 210 g/mol. The molecule has 0 heterocycles. The van der Waals surface area contributed by atoms with Gasteiger partial charge in [-0.15, -0.1) is 0 Å². The summed E-state index contributed by atoms with van der Waals surface area (Å²) in [4.78, 5) is 11.9. The first-order chi connectivity index (χ1) is 7.00. The van der Waals surface area contributed by atoms with Crippen molar-refractivity contribution < 1.29 is 9.53 Å². The van der Waals surface area contributed by atoms with E-state index in [9.17, 15) is 4.79 Å². The minimum Gasteiger partial charge on any atom is -0.465 e. The molecule has 0 aromatic rings. The molecule has 0 spiro atoms. The Hall–Kier alpha value is -0.790. The molecule has 1 aliphatic rings. The Morgan fingerprint density at radius 3 is 2.87 bits per heavy atom. The van der Waals surface area contributed by atoms with Gasteiger partial charge in [0.15, 0.2) is 0 Å². The summed E-state index contributed by atoms with van der Waals surface area (Å²) in [6.07, 6.45) is 4.90. The van der Waals surface area contributed by atoms with Gasteiger partial charge in [0.1, 0.15) is 0 Å². The van der Waals surface area contributed by atoms with Crippen molar-refractivity contribution in [2.75, 3.05) is 6.61 Å². The number of hydrogen-bond donors (Lipinski definition) is 0. The van der Waals surface area contributed by atoms with Gasteiger partial charge in [-0.2, -0.15) is 0 Å². The molecule has 1 aliphatic carbocycles. The topological polar surface area (TPSA) is 26.3 Å². The lowest BCUT2D eigenvalue weighted by Crippen LogP contribution is -2.38. The van der Waals surface area contributed by atoms with Crippen LogP contribution in [0.25, 0.3) is 0 Å². The van der Waals surface area contributed by atoms with Gasteiger partial charge < -0.3 is 4.74 Å². The van der Waals surface area contributed by atoms with Crippen LogP contribution in [0.2, 0.25) is 0 Å². The molecule has 0 saturated carbocycles. The van der Waals surface area contributed by atoms with E-state index < -0.39 is 0 Å². The lowest BCUT2D eigenvalue weighted by Gasteiger charge is -2.36. The number of hydrogen-bond acceptors (Lipinski definition) is 2. The summed E-state index contributed by atoms with van der Waals surface area (Å²) in [7, 11) is 0. The van der Waals surface area contributed by atoms with Crippen molar-refractivity contribution in [3.8, 4) is 0 Å². The molecule has 0 aliphatic heterocycles. The predicted octanol–water partition coefficient (Wildman–Crippen LogP) is 3.32. The van der Waals surface area contributed by atoms with Crippen LogP contribution in [0.15, 0.2) is 11.6 Å². The fourth-order valence-electron chi connectivity index (χ4n) is 2.02. The highest BCUT2D eigenvalue weighted by atomic mass is 16.5. The van der Waals surface area contributed by atoms with Crippen molar-refractivity contribution in [1.82, 2.24) is 0 Å². The monoisotopic (exact) mass is 210 g/mol. The molecule has 0 radical (unpaired) electrons. The van der Waals surface area contributed by atoms with Gasteiger partial charge in [0.2, 0.25) is 0 Å². The average Bonchev–Trinajstić information content (AvgIpc) is 2.20. The first kappa shape index (κ1) is 12.3. The molecule has 0 fully saturated rings. The quantitative estimate of drug-likeness (QED) is 0.527. The number of ether oxygens (including phenoxy) is 1. The molecule has 0 aromatic carbocycles. The molecule has 86 valence electrons. The summed E-state index contributed by atoms with van der Waals surface area (Å²) in [5.41, 5.74) is 1.08. The lowest BCUT2D eigenvalue weighted by atomic mass is 9.69. The van der Waals surface area contributed by atoms with Crippen LogP contribution in [-0.4, -0.2) is 12.6 Å². The van der Waals surface area contributed by atoms with Crippen LogP contribution in [0, 0.1) is 11.3 Å². The molecule has 2 nitrogen and oxygen atoms in total. The van der Waals surface area contributed by atoms with E-state index in [1.807, 2.05) is 13.8 Å². The second-order valence-corrected chi connectivity index (χ2v) is 4.91. The largest absolute Gasteiger partial charge is 0.465 e. The van der Waals surface area contributed by atoms with Crippen LogP contribution in [0.5, 0.6) is 0 Å². The Bertz CT molecular complexity index is 268. The summed E-state index contributed by atoms with van der Waals surface area (Å²) in [6.45, 7) is 8.86. The maximum atomic E-state index is 11.9. The summed E-state index contributed by atoms with van der Waals surface area (Å²) in [5, 5.41) is 0. The highest BCUT2D eigenvalue weighted by Crippen LogP contribution is 2.40. The third-order valence-corrected chi connectivity index (χ3v) is 3.49. The first-order valence-corrected chi connectivity index (χ1v) is 5.83. The van der Waals surface area contributed by atoms with Crippen LogP contribution in [0.3, 0.4) is 0 Å². The predicted molar refractivity (Wildman–Crippen MR) is 61.5 cm³/mol. The van der Waals surface area contributed by atoms with Crippen molar-refractivity contribution in [2.45, 2.75) is 47.0 Å². The van der Waals surface area contributed by atoms with Gasteiger partial charge in [-0.25, -0.2) is 0 Å². The summed E-state index contributed by atoms with van der Waals surface area (Å²) in [6, 6.07) is 0. The molecule has 2 heteroatoms. The van der Waals surface area contributed by atoms with Gasteiger partial charge in [0.05, 0.1) is 12.0 Å². The summed E-state index contributed by atoms with van der Waals surface area (Å²) < 4.78 is 5.27. The van der Waals surface area contributed by atoms with E-state index in [0.717, 1.165) is 19.3 Å². The minimum absolute atomic E-state index is 0.0272. The SMILES string of the molecule is CCCOC(=O)C1(C)CC=C(C)CC1C. The first-order valence-electron chi connectivity index (χ1n) is 5.83. The molecule has 15 heavy (non-hydrogen) atoms. The molecule has 0 amide bonds. The van der Waals surface area contributed by atoms with E-state index in [0.29, 0.717) is 12.5 Å². The number of carbonyl (C=O) groups excluding carboxylic acids is 1. The summed E-state index contributed by atoms with van der Waals surface area (Å²) >= 11 is 0. The second kappa shape index (κ2) is 4.82. The van der Waals surface area contributed by atoms with Crippen LogP contribution in [-0.2, 0) is 9.53 Å². The Morgan fingerprint density at radius 2 is 2.33 bits per heavy atom. The fourth-order valence-corrected chi connectivity index (χ4v) is 2.02. The number of rotatable bonds is 3. The second-order valence-electron chi connectivity index (χ2n) is 4.91. The zero-order chi connectivity index (χ0) is 11.5. The van der Waals surface area contributed by atoms with Crippen molar-refractivity contribution in [3.63, 3.8) is 0 Å². The van der Waals surface area contributed by atoms with Gasteiger partial charge in [-0.3, -0.25) is 4.79 Å². The number of allylic oxidation sites excluding steroid dienone is 2. The van der Waals surface area contributed by atoms with Gasteiger partial charge >= 0.3 is 5.97 Å². The van der Waals surface area contributed by atoms with Crippen LogP contribution in [0.4, 0.5) is 0 Å². The van der Waals surface area contributed by atoms with Crippen LogP contribution >= 0.6 is 0 Å². The van der Waals surface area contributed by atoms with E-state index in [1.165, 1.54) is 5.57 Å². The van der Waals surface area contributed by atoms with E-state index in [1.54, 1.807) is 0 Å². The molecule has 2 atom stereocenters. The van der Waals surface area contributed by atoms with Crippen LogP contribution < -0.4 is 0 Å². The van der Waals surface area contributed by atoms with Crippen molar-refractivity contribution in [2.24, 2.45) is 11.3 Å². The smallest absolute Gasteiger partial charge is 0.312 e. The molecular formula is C13H22O2. The van der Waals surface area contributed by atoms with Crippen molar-refractivity contribution in [3.05, 3.63) is 11.6 Å². The standard InChI is InChI=1S/C13H22O2/c1-5-8-15-12(14)13(4)7-6-10(2)9-11(13)3/h6,11H,5,7-9H2,1-4H3. The molecule has 2 unspecified atom stereocenters. The maximum absolute atomic E-state index is 11.9. The zero-order valence-corrected chi connectivity index (χ0v) is 10.3. The third-order valence-electron chi connectivity index (χ3n) is 3.49. The number of carbonyl (C=O) groups is 1. The molecule has 1 rings (SSSR count). The minimum atomic E-state index is -0.311. The molecule has 0 aromatic heterocycles. The van der Waals surface area contributed by atoms with Crippen molar-refractivity contribution in [1.29, 1.82) is 0 Å². The number of esters is 1. The molecular weight excluding hydrogens is 188 g/mol. The molecule has 0 bridgehead atoms. The highest BCUT2D eigenvalue weighted by molar-refractivity contribution is 5.77. The van der Waals surface area contributed by atoms with Gasteiger partial charge in [0.25, 0.3) is 0 Å². The Balaban J connectivity index is 2.69. The third kappa shape index (κ3) is 2.61. The maximum Gasteiger partial charge on any atom is 0.312 e. The molecule has 0 N–H and O–H groups in total. The lowest BCUT2D eigenvalue weighted by molar-refractivity contribution is -0.158. The fraction of sp³-hybridized carbons (Fsp3) is 0.769. The Kier molecular flexibility index (Phi) is 3.95. The van der Waals surface area contributed by atoms with E-state index in [2.05, 4.69) is 19.9 Å².